The molecule has 0 unspecified atom stereocenters. The van der Waals surface area contributed by atoms with E-state index in [4.69, 9.17) is 4.52 Å². The number of anilines is 1. The second kappa shape index (κ2) is 8.15. The highest BCUT2D eigenvalue weighted by Crippen LogP contribution is 2.13. The van der Waals surface area contributed by atoms with E-state index in [1.54, 1.807) is 31.2 Å². The average Bonchev–Trinajstić information content (AvgIpc) is 3.07. The smallest absolute Gasteiger partial charge is 0.244 e. The molecule has 0 aliphatic heterocycles. The minimum atomic E-state index is -3.87. The van der Waals surface area contributed by atoms with E-state index in [9.17, 15) is 13.2 Å². The first kappa shape index (κ1) is 18.8. The van der Waals surface area contributed by atoms with E-state index in [1.807, 2.05) is 30.3 Å². The largest absolute Gasteiger partial charge is 0.360 e. The highest BCUT2D eigenvalue weighted by molar-refractivity contribution is 7.89. The predicted octanol–water partition coefficient (Wildman–Crippen LogP) is 2.51. The lowest BCUT2D eigenvalue weighted by Gasteiger charge is -2.18. The van der Waals surface area contributed by atoms with E-state index in [2.05, 4.69) is 15.2 Å². The third-order valence-electron chi connectivity index (χ3n) is 3.83. The third-order valence-corrected chi connectivity index (χ3v) is 5.32. The molecular formula is C19H19N3O4S. The molecule has 1 amide bonds. The number of benzene rings is 2. The zero-order chi connectivity index (χ0) is 19.3. The minimum Gasteiger partial charge on any atom is -0.360 e. The molecule has 0 saturated carbocycles. The SMILES string of the molecule is Cc1cc(NC(=O)[C@H](Cc2ccccc2)NS(=O)(=O)c2ccccc2)no1. The normalized spacial score (nSPS) is 12.5. The van der Waals surface area contributed by atoms with Gasteiger partial charge in [0.15, 0.2) is 5.82 Å². The Kier molecular flexibility index (Phi) is 5.68. The van der Waals surface area contributed by atoms with Crippen LogP contribution < -0.4 is 10.0 Å². The first-order valence-corrected chi connectivity index (χ1v) is 9.78. The van der Waals surface area contributed by atoms with Crippen LogP contribution in [0, 0.1) is 6.92 Å². The van der Waals surface area contributed by atoms with Gasteiger partial charge in [-0.05, 0) is 31.0 Å². The molecule has 0 aliphatic carbocycles. The van der Waals surface area contributed by atoms with Crippen LogP contribution in [0.4, 0.5) is 5.82 Å². The number of amides is 1. The standard InChI is InChI=1S/C19H19N3O4S/c1-14-12-18(21-26-14)20-19(23)17(13-15-8-4-2-5-9-15)22-27(24,25)16-10-6-3-7-11-16/h2-12,17,22H,13H2,1H3,(H,20,21,23)/t17-/m0/s1. The van der Waals surface area contributed by atoms with E-state index in [1.165, 1.54) is 12.1 Å². The van der Waals surface area contributed by atoms with Crippen LogP contribution in [-0.4, -0.2) is 25.5 Å². The quantitative estimate of drug-likeness (QED) is 0.651. The van der Waals surface area contributed by atoms with Crippen LogP contribution in [0.25, 0.3) is 0 Å². The number of rotatable bonds is 7. The van der Waals surface area contributed by atoms with E-state index in [0.717, 1.165) is 5.56 Å². The van der Waals surface area contributed by atoms with Gasteiger partial charge in [-0.2, -0.15) is 4.72 Å². The lowest BCUT2D eigenvalue weighted by molar-refractivity contribution is -0.117. The summed E-state index contributed by atoms with van der Waals surface area (Å²) in [7, 11) is -3.87. The molecule has 1 heterocycles. The molecule has 2 aromatic carbocycles. The molecule has 0 bridgehead atoms. The van der Waals surface area contributed by atoms with Crippen LogP contribution in [0.1, 0.15) is 11.3 Å². The van der Waals surface area contributed by atoms with Crippen molar-refractivity contribution in [3.8, 4) is 0 Å². The number of hydrogen-bond donors (Lipinski definition) is 2. The maximum Gasteiger partial charge on any atom is 0.244 e. The molecule has 0 radical (unpaired) electrons. The van der Waals surface area contributed by atoms with Crippen LogP contribution >= 0.6 is 0 Å². The van der Waals surface area contributed by atoms with E-state index < -0.39 is 22.0 Å². The van der Waals surface area contributed by atoms with Crippen LogP contribution in [-0.2, 0) is 21.2 Å². The van der Waals surface area contributed by atoms with Crippen molar-refractivity contribution in [1.82, 2.24) is 9.88 Å². The maximum atomic E-state index is 12.7. The van der Waals surface area contributed by atoms with Gasteiger partial charge >= 0.3 is 0 Å². The topological polar surface area (TPSA) is 101 Å². The average molecular weight is 385 g/mol. The summed E-state index contributed by atoms with van der Waals surface area (Å²) >= 11 is 0. The Morgan fingerprint density at radius 2 is 1.70 bits per heavy atom. The first-order valence-electron chi connectivity index (χ1n) is 8.29. The molecule has 8 heteroatoms. The molecule has 0 spiro atoms. The van der Waals surface area contributed by atoms with Gasteiger partial charge in [0.25, 0.3) is 0 Å². The molecular weight excluding hydrogens is 366 g/mol. The summed E-state index contributed by atoms with van der Waals surface area (Å²) in [6, 6.07) is 17.6. The van der Waals surface area contributed by atoms with Crippen molar-refractivity contribution in [1.29, 1.82) is 0 Å². The maximum absolute atomic E-state index is 12.7. The molecule has 3 aromatic rings. The number of sulfonamides is 1. The van der Waals surface area contributed by atoms with Gasteiger partial charge in [0.1, 0.15) is 11.8 Å². The Labute approximate surface area is 157 Å². The summed E-state index contributed by atoms with van der Waals surface area (Å²) in [5.74, 6) is 0.246. The highest BCUT2D eigenvalue weighted by Gasteiger charge is 2.26. The van der Waals surface area contributed by atoms with Crippen LogP contribution in [0.5, 0.6) is 0 Å². The van der Waals surface area contributed by atoms with Crippen LogP contribution in [0.3, 0.4) is 0 Å². The number of nitrogens with zero attached hydrogens (tertiary/aromatic N) is 1. The van der Waals surface area contributed by atoms with Crippen molar-refractivity contribution >= 4 is 21.7 Å². The molecule has 2 N–H and O–H groups in total. The minimum absolute atomic E-state index is 0.0909. The van der Waals surface area contributed by atoms with E-state index in [-0.39, 0.29) is 17.1 Å². The van der Waals surface area contributed by atoms with Crippen molar-refractivity contribution < 1.29 is 17.7 Å². The van der Waals surface area contributed by atoms with Crippen LogP contribution in [0.2, 0.25) is 0 Å². The second-order valence-electron chi connectivity index (χ2n) is 5.99. The zero-order valence-corrected chi connectivity index (χ0v) is 15.4. The third kappa shape index (κ3) is 5.02. The number of carbonyl (C=O) groups is 1. The van der Waals surface area contributed by atoms with Crippen molar-refractivity contribution in [2.45, 2.75) is 24.3 Å². The fourth-order valence-corrected chi connectivity index (χ4v) is 3.75. The molecule has 1 aromatic heterocycles. The van der Waals surface area contributed by atoms with Gasteiger partial charge in [-0.3, -0.25) is 4.79 Å². The van der Waals surface area contributed by atoms with Gasteiger partial charge in [0.05, 0.1) is 4.90 Å². The number of nitrogens with one attached hydrogen (secondary N) is 2. The second-order valence-corrected chi connectivity index (χ2v) is 7.70. The lowest BCUT2D eigenvalue weighted by Crippen LogP contribution is -2.45. The van der Waals surface area contributed by atoms with Gasteiger partial charge in [0.2, 0.25) is 15.9 Å². The van der Waals surface area contributed by atoms with E-state index >= 15 is 0 Å². The van der Waals surface area contributed by atoms with Gasteiger partial charge in [-0.25, -0.2) is 8.42 Å². The predicted molar refractivity (Wildman–Crippen MR) is 101 cm³/mol. The summed E-state index contributed by atoms with van der Waals surface area (Å²) in [5.41, 5.74) is 0.824. The summed E-state index contributed by atoms with van der Waals surface area (Å²) < 4.78 is 32.8. The summed E-state index contributed by atoms with van der Waals surface area (Å²) in [6.45, 7) is 1.70. The Morgan fingerprint density at radius 1 is 1.07 bits per heavy atom. The summed E-state index contributed by atoms with van der Waals surface area (Å²) in [4.78, 5) is 12.8. The fraction of sp³-hybridized carbons (Fsp3) is 0.158. The molecule has 0 fully saturated rings. The van der Waals surface area contributed by atoms with E-state index in [0.29, 0.717) is 5.76 Å². The van der Waals surface area contributed by atoms with Crippen molar-refractivity contribution in [3.63, 3.8) is 0 Å². The molecule has 0 aliphatic rings. The van der Waals surface area contributed by atoms with Gasteiger partial charge in [-0.1, -0.05) is 53.7 Å². The number of aromatic nitrogens is 1. The Bertz CT molecular complexity index is 1000. The van der Waals surface area contributed by atoms with Crippen molar-refractivity contribution in [2.24, 2.45) is 0 Å². The van der Waals surface area contributed by atoms with Crippen molar-refractivity contribution in [3.05, 3.63) is 78.1 Å². The number of hydrogen-bond acceptors (Lipinski definition) is 5. The van der Waals surface area contributed by atoms with Gasteiger partial charge in [0, 0.05) is 6.07 Å². The highest BCUT2D eigenvalue weighted by atomic mass is 32.2. The molecule has 0 saturated heterocycles. The summed E-state index contributed by atoms with van der Waals surface area (Å²) in [6.07, 6.45) is 0.190. The van der Waals surface area contributed by atoms with Gasteiger partial charge < -0.3 is 9.84 Å². The molecule has 140 valence electrons. The number of carbonyl (C=O) groups excluding carboxylic acids is 1. The number of aryl methyl sites for hydroxylation is 1. The zero-order valence-electron chi connectivity index (χ0n) is 14.6. The molecule has 27 heavy (non-hydrogen) atoms. The Morgan fingerprint density at radius 3 is 2.30 bits per heavy atom. The van der Waals surface area contributed by atoms with Crippen LogP contribution in [0.15, 0.2) is 76.1 Å². The Balaban J connectivity index is 1.84. The molecule has 3 rings (SSSR count). The Hall–Kier alpha value is -2.97. The fourth-order valence-electron chi connectivity index (χ4n) is 2.53. The monoisotopic (exact) mass is 385 g/mol. The molecule has 7 nitrogen and oxygen atoms in total. The first-order chi connectivity index (χ1) is 12.9. The lowest BCUT2D eigenvalue weighted by atomic mass is 10.1. The van der Waals surface area contributed by atoms with Crippen molar-refractivity contribution in [2.75, 3.05) is 5.32 Å². The summed E-state index contributed by atoms with van der Waals surface area (Å²) in [5, 5.41) is 6.30. The molecule has 1 atom stereocenters. The van der Waals surface area contributed by atoms with Gasteiger partial charge in [-0.15, -0.1) is 0 Å².